The number of aromatic nitrogens is 3. The van der Waals surface area contributed by atoms with Gasteiger partial charge in [0.05, 0.1) is 24.5 Å². The molecule has 5 aliphatic rings. The van der Waals surface area contributed by atoms with E-state index in [4.69, 9.17) is 34.6 Å². The number of allylic oxidation sites excluding steroid dienone is 4. The Hall–Kier alpha value is -2.64. The highest BCUT2D eigenvalue weighted by atomic mass is 32.1. The Morgan fingerprint density at radius 2 is 1.70 bits per heavy atom. The summed E-state index contributed by atoms with van der Waals surface area (Å²) in [7, 11) is 6.82. The summed E-state index contributed by atoms with van der Waals surface area (Å²) < 4.78 is 32.9. The van der Waals surface area contributed by atoms with Crippen LogP contribution in [0.2, 0.25) is 0 Å². The van der Waals surface area contributed by atoms with Gasteiger partial charge in [0.25, 0.3) is 0 Å². The minimum Gasteiger partial charge on any atom is -0.399 e. The third-order valence-corrected chi connectivity index (χ3v) is 14.0. The zero-order chi connectivity index (χ0) is 37.4. The summed E-state index contributed by atoms with van der Waals surface area (Å²) in [5, 5.41) is 22.2. The molecule has 0 spiro atoms. The van der Waals surface area contributed by atoms with Gasteiger partial charge in [-0.25, -0.2) is 4.68 Å². The lowest BCUT2D eigenvalue weighted by Gasteiger charge is -2.38. The number of nitrogens with zero attached hydrogens (tertiary/aromatic N) is 3. The zero-order valence-electron chi connectivity index (χ0n) is 32.5. The minimum absolute atomic E-state index is 0.158. The van der Waals surface area contributed by atoms with Crippen molar-refractivity contribution in [2.24, 2.45) is 41.4 Å². The van der Waals surface area contributed by atoms with Crippen LogP contribution < -0.4 is 5.73 Å². The highest BCUT2D eigenvalue weighted by Gasteiger charge is 2.53. The Balaban J connectivity index is 1.22. The normalized spacial score (nSPS) is 32.2. The highest BCUT2D eigenvalue weighted by molar-refractivity contribution is 7.98. The van der Waals surface area contributed by atoms with Crippen molar-refractivity contribution in [3.05, 3.63) is 48.2 Å². The van der Waals surface area contributed by atoms with Gasteiger partial charge in [-0.3, -0.25) is 0 Å². The minimum atomic E-state index is -1.18. The molecule has 1 fully saturated rings. The Labute approximate surface area is 319 Å². The molecular formula is C42H60N4O6S. The molecule has 0 amide bonds. The van der Waals surface area contributed by atoms with Gasteiger partial charge in [0, 0.05) is 55.5 Å². The van der Waals surface area contributed by atoms with Crippen molar-refractivity contribution in [1.29, 1.82) is 0 Å². The van der Waals surface area contributed by atoms with E-state index in [1.165, 1.54) is 40.4 Å². The van der Waals surface area contributed by atoms with Crippen LogP contribution in [0.5, 0.6) is 0 Å². The number of hydrogen-bond donors (Lipinski definition) is 2. The standard InChI is InChI=1S/C42H60N4O6S/c1-8-27-12-10-9-11-24(4)41-34-19-30-29-17-28(52-42(47)40(50-7)39(49-6)38(48-5)23(2)3)18-33(29)36(20-31(30)32(34)21-37(51-27)53-41)46-22-35(44-45-46)25-13-15-26(43)16-14-25/h13-16,19-20,22-24,27-33,38-40,42,47H,8-12,17-18,21,43H2,1-7H3/t24-,27+,28+,29+,30+,31-,32+,33?,38?,39?,40?,42?/m1/s1. The molecule has 5 unspecified atom stereocenters. The molecule has 53 heavy (non-hydrogen) atoms. The molecule has 0 radical (unpaired) electrons. The Kier molecular flexibility index (Phi) is 12.1. The summed E-state index contributed by atoms with van der Waals surface area (Å²) >= 11 is 0. The summed E-state index contributed by atoms with van der Waals surface area (Å²) in [5.41, 5.74) is 11.2. The van der Waals surface area contributed by atoms with Gasteiger partial charge in [0.1, 0.15) is 23.0 Å². The number of hydrogen-bond acceptors (Lipinski definition) is 9. The lowest BCUT2D eigenvalue weighted by atomic mass is 9.69. The molecule has 2 aromatic rings. The molecule has 3 heterocycles. The Morgan fingerprint density at radius 3 is 2.40 bits per heavy atom. The first-order valence-corrected chi connectivity index (χ1v) is 20.7. The first-order chi connectivity index (χ1) is 25.6. The van der Waals surface area contributed by atoms with Gasteiger partial charge < -0.3 is 34.5 Å². The fourth-order valence-electron chi connectivity index (χ4n) is 9.98. The average Bonchev–Trinajstić information content (AvgIpc) is 3.89. The number of benzene rings is 1. The van der Waals surface area contributed by atoms with Crippen molar-refractivity contribution < 1.29 is 28.8 Å². The monoisotopic (exact) mass is 748 g/mol. The maximum Gasteiger partial charge on any atom is 0.184 e. The van der Waals surface area contributed by atoms with Gasteiger partial charge in [0.15, 0.2) is 6.29 Å². The number of rotatable bonds is 12. The van der Waals surface area contributed by atoms with E-state index in [9.17, 15) is 5.11 Å². The summed E-state index contributed by atoms with van der Waals surface area (Å²) in [5.74, 6) is 2.16. The van der Waals surface area contributed by atoms with Gasteiger partial charge in [-0.1, -0.05) is 70.0 Å². The fourth-order valence-corrected chi connectivity index (χ4v) is 11.3. The van der Waals surface area contributed by atoms with Crippen molar-refractivity contribution in [3.8, 4) is 11.3 Å². The van der Waals surface area contributed by atoms with Gasteiger partial charge in [-0.05, 0) is 85.3 Å². The second-order valence-electron chi connectivity index (χ2n) is 16.3. The third kappa shape index (κ3) is 7.77. The predicted molar refractivity (Wildman–Crippen MR) is 212 cm³/mol. The van der Waals surface area contributed by atoms with Gasteiger partial charge in [-0.2, -0.15) is 0 Å². The SMILES string of the molecule is CC[C@H]1CCCC[C@@H](C)C2=S=C(C[C@@H]3C2=C[C@@H]2[C@H]3C=C(n3cc(-c4ccc(N)cc4)nn3)C3C[C@@H](OC(O)C(OC)C(OC)C(OC)C(C)C)C[C@H]32)O1. The van der Waals surface area contributed by atoms with Crippen LogP contribution in [-0.4, -0.2) is 88.2 Å². The molecule has 10 nitrogen and oxygen atoms in total. The van der Waals surface area contributed by atoms with Crippen molar-refractivity contribution in [2.75, 3.05) is 27.1 Å². The molecule has 2 aliphatic heterocycles. The maximum atomic E-state index is 11.6. The van der Waals surface area contributed by atoms with E-state index in [0.717, 1.165) is 49.0 Å². The van der Waals surface area contributed by atoms with Crippen LogP contribution in [0.25, 0.3) is 17.0 Å². The first kappa shape index (κ1) is 38.6. The first-order valence-electron chi connectivity index (χ1n) is 19.8. The molecule has 0 saturated heterocycles. The Morgan fingerprint density at radius 1 is 0.962 bits per heavy atom. The van der Waals surface area contributed by atoms with Crippen molar-refractivity contribution in [3.63, 3.8) is 0 Å². The van der Waals surface area contributed by atoms with E-state index in [0.29, 0.717) is 29.6 Å². The lowest BCUT2D eigenvalue weighted by molar-refractivity contribution is -0.236. The summed E-state index contributed by atoms with van der Waals surface area (Å²) in [6.45, 7) is 8.82. The second-order valence-corrected chi connectivity index (χ2v) is 17.4. The molecule has 11 heteroatoms. The van der Waals surface area contributed by atoms with E-state index in [1.54, 1.807) is 21.3 Å². The van der Waals surface area contributed by atoms with Crippen molar-refractivity contribution >= 4 is 32.2 Å². The van der Waals surface area contributed by atoms with Crippen LogP contribution >= 0.6 is 10.9 Å². The average molecular weight is 749 g/mol. The largest absolute Gasteiger partial charge is 0.399 e. The quantitative estimate of drug-likeness (QED) is 0.134. The summed E-state index contributed by atoms with van der Waals surface area (Å²) in [6.07, 6.45) is 13.0. The van der Waals surface area contributed by atoms with Crippen LogP contribution in [0, 0.1) is 41.4 Å². The number of aliphatic hydroxyl groups excluding tert-OH is 1. The van der Waals surface area contributed by atoms with Crippen LogP contribution in [0.4, 0.5) is 5.69 Å². The van der Waals surface area contributed by atoms with Crippen molar-refractivity contribution in [2.45, 2.75) is 116 Å². The molecule has 12 atom stereocenters. The highest BCUT2D eigenvalue weighted by Crippen LogP contribution is 2.58. The molecule has 2 bridgehead atoms. The fraction of sp³-hybridized carbons (Fsp3) is 0.667. The predicted octanol–water partition coefficient (Wildman–Crippen LogP) is 7.05. The van der Waals surface area contributed by atoms with Crippen molar-refractivity contribution in [1.82, 2.24) is 15.0 Å². The van der Waals surface area contributed by atoms with E-state index >= 15 is 0 Å². The smallest absolute Gasteiger partial charge is 0.184 e. The van der Waals surface area contributed by atoms with Crippen LogP contribution in [0.3, 0.4) is 0 Å². The summed E-state index contributed by atoms with van der Waals surface area (Å²) in [4.78, 5) is 1.51. The second kappa shape index (κ2) is 16.6. The molecule has 3 N–H and O–H groups in total. The number of methoxy groups -OCH3 is 3. The van der Waals surface area contributed by atoms with E-state index in [2.05, 4.69) is 51.1 Å². The lowest BCUT2D eigenvalue weighted by Crippen LogP contribution is -2.50. The number of nitrogen functional groups attached to an aromatic ring is 1. The number of fused-ring (bicyclic) bond motifs is 6. The molecule has 1 saturated carbocycles. The molecule has 1 aromatic heterocycles. The van der Waals surface area contributed by atoms with Crippen LogP contribution in [0.15, 0.2) is 48.2 Å². The van der Waals surface area contributed by atoms with Gasteiger partial charge in [-0.15, -0.1) is 16.0 Å². The number of aliphatic hydroxyl groups is 1. The molecule has 7 rings (SSSR count). The van der Waals surface area contributed by atoms with Gasteiger partial charge in [0.2, 0.25) is 0 Å². The maximum absolute atomic E-state index is 11.6. The van der Waals surface area contributed by atoms with E-state index < -0.39 is 18.5 Å². The number of nitrogens with two attached hydrogens (primary N) is 1. The summed E-state index contributed by atoms with van der Waals surface area (Å²) in [6, 6.07) is 7.78. The molecule has 3 aliphatic carbocycles. The Bertz CT molecular complexity index is 1720. The van der Waals surface area contributed by atoms with Gasteiger partial charge >= 0.3 is 0 Å². The number of ether oxygens (including phenoxy) is 5. The van der Waals surface area contributed by atoms with E-state index in [1.807, 2.05) is 39.9 Å². The zero-order valence-corrected chi connectivity index (χ0v) is 33.3. The topological polar surface area (TPSA) is 123 Å². The molecule has 1 aromatic carbocycles. The molecular weight excluding hydrogens is 689 g/mol. The van der Waals surface area contributed by atoms with Crippen LogP contribution in [0.1, 0.15) is 79.1 Å². The van der Waals surface area contributed by atoms with Crippen LogP contribution in [-0.2, 0) is 23.7 Å². The molecule has 290 valence electrons. The number of anilines is 1. The van der Waals surface area contributed by atoms with E-state index in [-0.39, 0.29) is 30.1 Å². The third-order valence-electron chi connectivity index (χ3n) is 12.7.